The molecular formula is C18H17N5O3. The van der Waals surface area contributed by atoms with E-state index in [1.807, 2.05) is 31.2 Å². The van der Waals surface area contributed by atoms with Crippen LogP contribution < -0.4 is 5.32 Å². The Morgan fingerprint density at radius 3 is 2.73 bits per heavy atom. The molecule has 0 atom stereocenters. The minimum atomic E-state index is -0.481. The zero-order valence-electron chi connectivity index (χ0n) is 14.3. The summed E-state index contributed by atoms with van der Waals surface area (Å²) >= 11 is 0. The molecule has 26 heavy (non-hydrogen) atoms. The monoisotopic (exact) mass is 351 g/mol. The molecule has 0 saturated heterocycles. The van der Waals surface area contributed by atoms with Gasteiger partial charge in [-0.25, -0.2) is 4.68 Å². The molecule has 1 aromatic heterocycles. The molecule has 1 N–H and O–H groups in total. The lowest BCUT2D eigenvalue weighted by atomic mass is 10.1. The number of rotatable bonds is 5. The van der Waals surface area contributed by atoms with Crippen molar-refractivity contribution < 1.29 is 9.72 Å². The Balaban J connectivity index is 1.90. The molecule has 132 valence electrons. The SMILES string of the molecule is CCc1ccccc1NC(=O)c1nnn(-c2cccc([N+](=O)[O-])c2)c1C. The fraction of sp³-hybridized carbons (Fsp3) is 0.167. The van der Waals surface area contributed by atoms with Gasteiger partial charge in [0.15, 0.2) is 5.69 Å². The molecule has 8 nitrogen and oxygen atoms in total. The van der Waals surface area contributed by atoms with Crippen LogP contribution in [0.15, 0.2) is 48.5 Å². The normalized spacial score (nSPS) is 10.5. The highest BCUT2D eigenvalue weighted by molar-refractivity contribution is 6.04. The Morgan fingerprint density at radius 2 is 2.00 bits per heavy atom. The van der Waals surface area contributed by atoms with E-state index in [4.69, 9.17) is 0 Å². The number of non-ortho nitro benzene ring substituents is 1. The standard InChI is InChI=1S/C18H17N5O3/c1-3-13-7-4-5-10-16(13)19-18(24)17-12(2)22(21-20-17)14-8-6-9-15(11-14)23(25)26/h4-11H,3H2,1-2H3,(H,19,24). The van der Waals surface area contributed by atoms with Crippen LogP contribution in [0.2, 0.25) is 0 Å². The van der Waals surface area contributed by atoms with E-state index < -0.39 is 4.92 Å². The van der Waals surface area contributed by atoms with Gasteiger partial charge >= 0.3 is 0 Å². The maximum absolute atomic E-state index is 12.6. The van der Waals surface area contributed by atoms with E-state index in [0.717, 1.165) is 17.7 Å². The summed E-state index contributed by atoms with van der Waals surface area (Å²) in [5.74, 6) is -0.375. The van der Waals surface area contributed by atoms with E-state index >= 15 is 0 Å². The van der Waals surface area contributed by atoms with E-state index in [2.05, 4.69) is 15.6 Å². The van der Waals surface area contributed by atoms with Crippen LogP contribution in [0.5, 0.6) is 0 Å². The smallest absolute Gasteiger partial charge is 0.278 e. The number of anilines is 1. The molecule has 1 amide bonds. The van der Waals surface area contributed by atoms with Gasteiger partial charge < -0.3 is 5.32 Å². The van der Waals surface area contributed by atoms with Crippen molar-refractivity contribution in [2.24, 2.45) is 0 Å². The fourth-order valence-corrected chi connectivity index (χ4v) is 2.65. The molecule has 0 aliphatic carbocycles. The van der Waals surface area contributed by atoms with Crippen molar-refractivity contribution >= 4 is 17.3 Å². The number of carbonyl (C=O) groups is 1. The highest BCUT2D eigenvalue weighted by Crippen LogP contribution is 2.20. The summed E-state index contributed by atoms with van der Waals surface area (Å²) in [6, 6.07) is 13.6. The summed E-state index contributed by atoms with van der Waals surface area (Å²) in [6.45, 7) is 3.70. The third-order valence-electron chi connectivity index (χ3n) is 4.04. The molecule has 0 unspecified atom stereocenters. The van der Waals surface area contributed by atoms with Crippen molar-refractivity contribution in [1.29, 1.82) is 0 Å². The zero-order valence-corrected chi connectivity index (χ0v) is 14.3. The van der Waals surface area contributed by atoms with Gasteiger partial charge in [0, 0.05) is 17.8 Å². The lowest BCUT2D eigenvalue weighted by Crippen LogP contribution is -2.15. The molecule has 3 aromatic rings. The summed E-state index contributed by atoms with van der Waals surface area (Å²) < 4.78 is 1.41. The van der Waals surface area contributed by atoms with E-state index in [1.54, 1.807) is 19.1 Å². The number of hydrogen-bond acceptors (Lipinski definition) is 5. The third-order valence-corrected chi connectivity index (χ3v) is 4.04. The van der Waals surface area contributed by atoms with E-state index in [9.17, 15) is 14.9 Å². The number of aryl methyl sites for hydroxylation is 1. The summed E-state index contributed by atoms with van der Waals surface area (Å²) in [4.78, 5) is 23.0. The number of carbonyl (C=O) groups excluding carboxylic acids is 1. The highest BCUT2D eigenvalue weighted by atomic mass is 16.6. The Hall–Kier alpha value is -3.55. The van der Waals surface area contributed by atoms with Crippen LogP contribution in [0.25, 0.3) is 5.69 Å². The van der Waals surface area contributed by atoms with Gasteiger partial charge in [-0.2, -0.15) is 0 Å². The Kier molecular flexibility index (Phi) is 4.74. The van der Waals surface area contributed by atoms with E-state index in [0.29, 0.717) is 11.4 Å². The topological polar surface area (TPSA) is 103 Å². The number of nitrogens with one attached hydrogen (secondary N) is 1. The Bertz CT molecular complexity index is 980. The highest BCUT2D eigenvalue weighted by Gasteiger charge is 2.19. The van der Waals surface area contributed by atoms with Crippen molar-refractivity contribution in [3.63, 3.8) is 0 Å². The van der Waals surface area contributed by atoms with Crippen LogP contribution in [0, 0.1) is 17.0 Å². The molecule has 0 saturated carbocycles. The van der Waals surface area contributed by atoms with Crippen LogP contribution in [0.1, 0.15) is 28.7 Å². The van der Waals surface area contributed by atoms with Crippen molar-refractivity contribution in [1.82, 2.24) is 15.0 Å². The second kappa shape index (κ2) is 7.14. The first kappa shape index (κ1) is 17.3. The lowest BCUT2D eigenvalue weighted by Gasteiger charge is -2.09. The molecule has 1 heterocycles. The van der Waals surface area contributed by atoms with Gasteiger partial charge in [0.05, 0.1) is 16.3 Å². The summed E-state index contributed by atoms with van der Waals surface area (Å²) in [5.41, 5.74) is 2.82. The molecule has 0 bridgehead atoms. The summed E-state index contributed by atoms with van der Waals surface area (Å²) in [6.07, 6.45) is 0.788. The van der Waals surface area contributed by atoms with Crippen LogP contribution >= 0.6 is 0 Å². The van der Waals surface area contributed by atoms with E-state index in [1.165, 1.54) is 16.8 Å². The number of nitrogens with zero attached hydrogens (tertiary/aromatic N) is 4. The molecule has 8 heteroatoms. The maximum Gasteiger partial charge on any atom is 0.278 e. The molecular weight excluding hydrogens is 334 g/mol. The predicted molar refractivity (Wildman–Crippen MR) is 96.5 cm³/mol. The number of nitro groups is 1. The number of para-hydroxylation sites is 1. The van der Waals surface area contributed by atoms with Crippen molar-refractivity contribution in [2.45, 2.75) is 20.3 Å². The quantitative estimate of drug-likeness (QED) is 0.561. The van der Waals surface area contributed by atoms with Gasteiger partial charge in [-0.05, 0) is 31.0 Å². The average molecular weight is 351 g/mol. The van der Waals surface area contributed by atoms with Gasteiger partial charge in [0.25, 0.3) is 11.6 Å². The number of benzene rings is 2. The largest absolute Gasteiger partial charge is 0.320 e. The first-order valence-electron chi connectivity index (χ1n) is 8.07. The Morgan fingerprint density at radius 1 is 1.23 bits per heavy atom. The van der Waals surface area contributed by atoms with Gasteiger partial charge in [-0.15, -0.1) is 5.10 Å². The first-order chi connectivity index (χ1) is 12.5. The molecule has 2 aromatic carbocycles. The van der Waals surface area contributed by atoms with Gasteiger partial charge in [0.1, 0.15) is 0 Å². The van der Waals surface area contributed by atoms with Crippen molar-refractivity contribution in [2.75, 3.05) is 5.32 Å². The average Bonchev–Trinajstić information content (AvgIpc) is 3.03. The molecule has 0 spiro atoms. The third kappa shape index (κ3) is 3.30. The van der Waals surface area contributed by atoms with Gasteiger partial charge in [0.2, 0.25) is 0 Å². The van der Waals surface area contributed by atoms with Gasteiger partial charge in [-0.3, -0.25) is 14.9 Å². The summed E-state index contributed by atoms with van der Waals surface area (Å²) in [7, 11) is 0. The number of hydrogen-bond donors (Lipinski definition) is 1. The van der Waals surface area contributed by atoms with Crippen LogP contribution in [-0.2, 0) is 6.42 Å². The zero-order chi connectivity index (χ0) is 18.7. The molecule has 0 radical (unpaired) electrons. The predicted octanol–water partition coefficient (Wildman–Crippen LogP) is 3.30. The number of amides is 1. The first-order valence-corrected chi connectivity index (χ1v) is 8.07. The second-order valence-electron chi connectivity index (χ2n) is 5.68. The minimum Gasteiger partial charge on any atom is -0.320 e. The number of aromatic nitrogens is 3. The second-order valence-corrected chi connectivity index (χ2v) is 5.68. The molecule has 0 aliphatic heterocycles. The fourth-order valence-electron chi connectivity index (χ4n) is 2.65. The van der Waals surface area contributed by atoms with Crippen molar-refractivity contribution in [3.8, 4) is 5.69 Å². The maximum atomic E-state index is 12.6. The van der Waals surface area contributed by atoms with Gasteiger partial charge in [-0.1, -0.05) is 36.4 Å². The summed E-state index contributed by atoms with van der Waals surface area (Å²) in [5, 5.41) is 21.7. The van der Waals surface area contributed by atoms with E-state index in [-0.39, 0.29) is 17.3 Å². The molecule has 3 rings (SSSR count). The minimum absolute atomic E-state index is 0.0553. The lowest BCUT2D eigenvalue weighted by molar-refractivity contribution is -0.384. The molecule has 0 fully saturated rings. The Labute approximate surface area is 149 Å². The van der Waals surface area contributed by atoms with Crippen LogP contribution in [0.3, 0.4) is 0 Å². The molecule has 0 aliphatic rings. The van der Waals surface area contributed by atoms with Crippen molar-refractivity contribution in [3.05, 3.63) is 75.6 Å². The van der Waals surface area contributed by atoms with Crippen LogP contribution in [0.4, 0.5) is 11.4 Å². The number of nitro benzene ring substituents is 1. The van der Waals surface area contributed by atoms with Crippen LogP contribution in [-0.4, -0.2) is 25.8 Å².